The molecule has 0 spiro atoms. The predicted molar refractivity (Wildman–Crippen MR) is 122 cm³/mol. The number of carbonyl (C=O) groups excluding carboxylic acids is 2. The third kappa shape index (κ3) is 4.77. The van der Waals surface area contributed by atoms with Gasteiger partial charge in [0, 0.05) is 12.1 Å². The molecule has 1 fully saturated rings. The van der Waals surface area contributed by atoms with Crippen molar-refractivity contribution >= 4 is 34.4 Å². The monoisotopic (exact) mass is 398 g/mol. The second-order valence-corrected chi connectivity index (χ2v) is 7.74. The van der Waals surface area contributed by atoms with Crippen molar-refractivity contribution in [1.29, 1.82) is 0 Å². The fourth-order valence-corrected chi connectivity index (χ4v) is 4.04. The van der Waals surface area contributed by atoms with Crippen molar-refractivity contribution in [2.45, 2.75) is 38.1 Å². The van der Waals surface area contributed by atoms with E-state index in [4.69, 9.17) is 0 Å². The van der Waals surface area contributed by atoms with Gasteiger partial charge >= 0.3 is 0 Å². The molecule has 0 aromatic heterocycles. The minimum atomic E-state index is -0.263. The van der Waals surface area contributed by atoms with Crippen molar-refractivity contribution in [3.63, 3.8) is 0 Å². The van der Waals surface area contributed by atoms with Gasteiger partial charge in [-0.2, -0.15) is 0 Å². The van der Waals surface area contributed by atoms with Crippen LogP contribution in [0.1, 0.15) is 48.0 Å². The first-order valence-electron chi connectivity index (χ1n) is 10.6. The Hall–Kier alpha value is -3.40. The number of rotatable bonds is 5. The van der Waals surface area contributed by atoms with Crippen LogP contribution in [0.4, 0.5) is 5.69 Å². The molecule has 2 N–H and O–H groups in total. The van der Waals surface area contributed by atoms with Gasteiger partial charge in [0.2, 0.25) is 5.91 Å². The fraction of sp³-hybridized carbons (Fsp3) is 0.231. The summed E-state index contributed by atoms with van der Waals surface area (Å²) >= 11 is 0. The number of benzene rings is 3. The molecule has 1 aliphatic carbocycles. The summed E-state index contributed by atoms with van der Waals surface area (Å²) in [5.41, 5.74) is 2.00. The highest BCUT2D eigenvalue weighted by Gasteiger charge is 2.18. The first kappa shape index (κ1) is 19.9. The third-order valence-corrected chi connectivity index (χ3v) is 5.61. The summed E-state index contributed by atoms with van der Waals surface area (Å²) in [4.78, 5) is 25.3. The molecular weight excluding hydrogens is 372 g/mol. The van der Waals surface area contributed by atoms with Crippen LogP contribution in [0.25, 0.3) is 16.8 Å². The number of amides is 2. The lowest BCUT2D eigenvalue weighted by Gasteiger charge is -2.23. The first-order chi connectivity index (χ1) is 14.7. The van der Waals surface area contributed by atoms with Crippen molar-refractivity contribution in [1.82, 2.24) is 5.32 Å². The molecule has 0 unspecified atom stereocenters. The lowest BCUT2D eigenvalue weighted by atomic mass is 9.95. The van der Waals surface area contributed by atoms with E-state index in [0.717, 1.165) is 42.0 Å². The molecule has 0 atom stereocenters. The maximum atomic E-state index is 12.8. The van der Waals surface area contributed by atoms with Crippen molar-refractivity contribution in [2.24, 2.45) is 0 Å². The first-order valence-corrected chi connectivity index (χ1v) is 10.6. The summed E-state index contributed by atoms with van der Waals surface area (Å²) in [6, 6.07) is 21.5. The van der Waals surface area contributed by atoms with E-state index >= 15 is 0 Å². The van der Waals surface area contributed by atoms with Gasteiger partial charge in [0.1, 0.15) is 0 Å². The highest BCUT2D eigenvalue weighted by atomic mass is 16.2. The molecule has 1 aliphatic rings. The van der Waals surface area contributed by atoms with Crippen LogP contribution in [0.15, 0.2) is 72.8 Å². The van der Waals surface area contributed by atoms with E-state index in [1.165, 1.54) is 12.5 Å². The van der Waals surface area contributed by atoms with Gasteiger partial charge in [-0.15, -0.1) is 0 Å². The van der Waals surface area contributed by atoms with Gasteiger partial charge in [-0.3, -0.25) is 9.59 Å². The van der Waals surface area contributed by atoms with E-state index in [1.54, 1.807) is 12.1 Å². The van der Waals surface area contributed by atoms with E-state index in [9.17, 15) is 9.59 Å². The molecule has 4 heteroatoms. The molecule has 0 heterocycles. The van der Waals surface area contributed by atoms with E-state index in [2.05, 4.69) is 10.6 Å². The zero-order chi connectivity index (χ0) is 20.8. The number of para-hydroxylation sites is 1. The number of fused-ring (bicyclic) bond motifs is 1. The van der Waals surface area contributed by atoms with Gasteiger partial charge in [0.05, 0.1) is 11.3 Å². The lowest BCUT2D eigenvalue weighted by molar-refractivity contribution is -0.111. The maximum absolute atomic E-state index is 12.8. The maximum Gasteiger partial charge on any atom is 0.253 e. The molecule has 30 heavy (non-hydrogen) atoms. The molecule has 0 saturated heterocycles. The Morgan fingerprint density at radius 3 is 2.43 bits per heavy atom. The van der Waals surface area contributed by atoms with E-state index < -0.39 is 0 Å². The van der Waals surface area contributed by atoms with Crippen LogP contribution in [-0.2, 0) is 4.79 Å². The number of nitrogens with one attached hydrogen (secondary N) is 2. The molecule has 0 aliphatic heterocycles. The average Bonchev–Trinajstić information content (AvgIpc) is 2.78. The van der Waals surface area contributed by atoms with Crippen LogP contribution in [0.2, 0.25) is 0 Å². The SMILES string of the molecule is O=C(/C=C/c1cccc2ccccc12)Nc1ccccc1C(=O)NC1CCCCC1. The van der Waals surface area contributed by atoms with Crippen LogP contribution in [0.3, 0.4) is 0 Å². The predicted octanol–water partition coefficient (Wildman–Crippen LogP) is 5.55. The molecule has 152 valence electrons. The minimum Gasteiger partial charge on any atom is -0.349 e. The normalized spacial score (nSPS) is 14.7. The molecule has 2 amide bonds. The van der Waals surface area contributed by atoms with E-state index in [0.29, 0.717) is 11.3 Å². The second-order valence-electron chi connectivity index (χ2n) is 7.74. The van der Waals surface area contributed by atoms with Crippen molar-refractivity contribution in [3.05, 3.63) is 83.9 Å². The van der Waals surface area contributed by atoms with Crippen LogP contribution >= 0.6 is 0 Å². The van der Waals surface area contributed by atoms with E-state index in [1.807, 2.05) is 60.7 Å². The molecule has 0 bridgehead atoms. The molecule has 3 aromatic carbocycles. The quantitative estimate of drug-likeness (QED) is 0.553. The minimum absolute atomic E-state index is 0.129. The largest absolute Gasteiger partial charge is 0.349 e. The number of carbonyl (C=O) groups is 2. The summed E-state index contributed by atoms with van der Waals surface area (Å²) < 4.78 is 0. The van der Waals surface area contributed by atoms with Gasteiger partial charge in [-0.05, 0) is 47.4 Å². The standard InChI is InChI=1S/C26H26N2O2/c29-25(18-17-20-11-8-10-19-9-4-5-14-22(19)20)28-24-16-7-6-15-23(24)26(30)27-21-12-2-1-3-13-21/h4-11,14-18,21H,1-3,12-13H2,(H,27,30)(H,28,29)/b18-17+. The zero-order valence-corrected chi connectivity index (χ0v) is 16.9. The van der Waals surface area contributed by atoms with Gasteiger partial charge in [0.25, 0.3) is 5.91 Å². The van der Waals surface area contributed by atoms with Crippen LogP contribution in [-0.4, -0.2) is 17.9 Å². The van der Waals surface area contributed by atoms with Crippen molar-refractivity contribution < 1.29 is 9.59 Å². The second kappa shape index (κ2) is 9.40. The van der Waals surface area contributed by atoms with Gasteiger partial charge < -0.3 is 10.6 Å². The zero-order valence-electron chi connectivity index (χ0n) is 16.9. The molecular formula is C26H26N2O2. The highest BCUT2D eigenvalue weighted by Crippen LogP contribution is 2.21. The van der Waals surface area contributed by atoms with Gasteiger partial charge in [-0.25, -0.2) is 0 Å². The van der Waals surface area contributed by atoms with Crippen LogP contribution in [0.5, 0.6) is 0 Å². The summed E-state index contributed by atoms with van der Waals surface area (Å²) in [6.45, 7) is 0. The summed E-state index contributed by atoms with van der Waals surface area (Å²) in [5, 5.41) is 8.20. The Morgan fingerprint density at radius 1 is 0.833 bits per heavy atom. The Bertz CT molecular complexity index is 1080. The Labute approximate surface area is 177 Å². The topological polar surface area (TPSA) is 58.2 Å². The smallest absolute Gasteiger partial charge is 0.253 e. The number of anilines is 1. The summed E-state index contributed by atoms with van der Waals surface area (Å²) in [6.07, 6.45) is 8.91. The third-order valence-electron chi connectivity index (χ3n) is 5.61. The Balaban J connectivity index is 1.47. The summed E-state index contributed by atoms with van der Waals surface area (Å²) in [7, 11) is 0. The molecule has 0 radical (unpaired) electrons. The lowest BCUT2D eigenvalue weighted by Crippen LogP contribution is -2.36. The summed E-state index contributed by atoms with van der Waals surface area (Å²) in [5.74, 6) is -0.392. The van der Waals surface area contributed by atoms with Crippen molar-refractivity contribution in [2.75, 3.05) is 5.32 Å². The average molecular weight is 399 g/mol. The number of hydrogen-bond acceptors (Lipinski definition) is 2. The van der Waals surface area contributed by atoms with Gasteiger partial charge in [-0.1, -0.05) is 73.9 Å². The van der Waals surface area contributed by atoms with E-state index in [-0.39, 0.29) is 17.9 Å². The van der Waals surface area contributed by atoms with Gasteiger partial charge in [0.15, 0.2) is 0 Å². The Morgan fingerprint density at radius 2 is 1.57 bits per heavy atom. The highest BCUT2D eigenvalue weighted by molar-refractivity contribution is 6.08. The molecule has 1 saturated carbocycles. The van der Waals surface area contributed by atoms with Crippen molar-refractivity contribution in [3.8, 4) is 0 Å². The molecule has 3 aromatic rings. The molecule has 4 rings (SSSR count). The number of hydrogen-bond donors (Lipinski definition) is 2. The van der Waals surface area contributed by atoms with Crippen LogP contribution in [0, 0.1) is 0 Å². The molecule has 4 nitrogen and oxygen atoms in total. The fourth-order valence-electron chi connectivity index (χ4n) is 4.04. The Kier molecular flexibility index (Phi) is 6.23. The van der Waals surface area contributed by atoms with Crippen LogP contribution < -0.4 is 10.6 Å².